The van der Waals surface area contributed by atoms with E-state index in [1.807, 2.05) is 24.3 Å². The van der Waals surface area contributed by atoms with Crippen molar-refractivity contribution < 1.29 is 9.90 Å². The van der Waals surface area contributed by atoms with Gasteiger partial charge in [-0.25, -0.2) is 4.79 Å². The number of nitrogens with one attached hydrogen (secondary N) is 2. The molecule has 4 nitrogen and oxygen atoms in total. The topological polar surface area (TPSA) is 61.4 Å². The number of halogens is 1. The lowest BCUT2D eigenvalue weighted by Crippen LogP contribution is -2.36. The van der Waals surface area contributed by atoms with Crippen LogP contribution in [0.4, 0.5) is 4.79 Å². The van der Waals surface area contributed by atoms with Gasteiger partial charge in [-0.05, 0) is 11.6 Å². The van der Waals surface area contributed by atoms with Gasteiger partial charge in [0, 0.05) is 17.6 Å². The minimum Gasteiger partial charge on any atom is -0.395 e. The van der Waals surface area contributed by atoms with Crippen LogP contribution >= 0.6 is 15.9 Å². The quantitative estimate of drug-likeness (QED) is 0.773. The predicted molar refractivity (Wildman–Crippen MR) is 61.5 cm³/mol. The van der Waals surface area contributed by atoms with Gasteiger partial charge in [-0.3, -0.25) is 0 Å². The fourth-order valence-electron chi connectivity index (χ4n) is 1.05. The lowest BCUT2D eigenvalue weighted by molar-refractivity contribution is 0.234. The molecule has 15 heavy (non-hydrogen) atoms. The molecule has 1 aromatic rings. The molecule has 0 spiro atoms. The maximum atomic E-state index is 11.1. The first kappa shape index (κ1) is 12.0. The summed E-state index contributed by atoms with van der Waals surface area (Å²) in [5.41, 5.74) is 1.01. The minimum absolute atomic E-state index is 0.0531. The van der Waals surface area contributed by atoms with E-state index in [0.29, 0.717) is 6.54 Å². The summed E-state index contributed by atoms with van der Waals surface area (Å²) in [4.78, 5) is 11.1. The predicted octanol–water partition coefficient (Wildman–Crippen LogP) is 1.24. The fourth-order valence-corrected chi connectivity index (χ4v) is 1.47. The Morgan fingerprint density at radius 3 is 2.73 bits per heavy atom. The number of benzene rings is 1. The van der Waals surface area contributed by atoms with E-state index in [1.54, 1.807) is 0 Å². The molecule has 0 aliphatic heterocycles. The van der Waals surface area contributed by atoms with E-state index in [1.165, 1.54) is 0 Å². The van der Waals surface area contributed by atoms with Gasteiger partial charge < -0.3 is 15.7 Å². The maximum absolute atomic E-state index is 11.1. The molecule has 0 radical (unpaired) electrons. The average Bonchev–Trinajstić information content (AvgIpc) is 2.25. The van der Waals surface area contributed by atoms with Gasteiger partial charge in [0.05, 0.1) is 6.61 Å². The van der Waals surface area contributed by atoms with Crippen LogP contribution in [-0.4, -0.2) is 24.3 Å². The average molecular weight is 273 g/mol. The summed E-state index contributed by atoms with van der Waals surface area (Å²) in [6, 6.07) is 7.39. The number of hydrogen-bond donors (Lipinski definition) is 3. The first-order chi connectivity index (χ1) is 7.24. The third-order valence-electron chi connectivity index (χ3n) is 1.79. The Kier molecular flexibility index (Phi) is 5.14. The highest BCUT2D eigenvalue weighted by molar-refractivity contribution is 9.10. The molecule has 0 aliphatic rings. The number of amides is 2. The Morgan fingerprint density at radius 1 is 1.33 bits per heavy atom. The summed E-state index contributed by atoms with van der Waals surface area (Å²) in [6.07, 6.45) is 0. The van der Waals surface area contributed by atoms with Crippen LogP contribution in [0.15, 0.2) is 28.7 Å². The Morgan fingerprint density at radius 2 is 2.07 bits per heavy atom. The van der Waals surface area contributed by atoms with Gasteiger partial charge >= 0.3 is 6.03 Å². The number of hydrogen-bond acceptors (Lipinski definition) is 2. The third-order valence-corrected chi connectivity index (χ3v) is 2.57. The first-order valence-corrected chi connectivity index (χ1v) is 5.39. The number of aliphatic hydroxyl groups is 1. The summed E-state index contributed by atoms with van der Waals surface area (Å²) in [5.74, 6) is 0. The highest BCUT2D eigenvalue weighted by Gasteiger charge is 2.01. The Hall–Kier alpha value is -1.07. The first-order valence-electron chi connectivity index (χ1n) is 4.60. The van der Waals surface area contributed by atoms with Gasteiger partial charge in [-0.1, -0.05) is 34.1 Å². The van der Waals surface area contributed by atoms with Gasteiger partial charge in [0.1, 0.15) is 0 Å². The van der Waals surface area contributed by atoms with E-state index in [2.05, 4.69) is 26.6 Å². The van der Waals surface area contributed by atoms with Crippen LogP contribution in [0.25, 0.3) is 0 Å². The maximum Gasteiger partial charge on any atom is 0.315 e. The number of carbonyl (C=O) groups is 1. The SMILES string of the molecule is O=C(NCCO)NCc1ccccc1Br. The van der Waals surface area contributed by atoms with Crippen molar-refractivity contribution >= 4 is 22.0 Å². The molecule has 0 atom stereocenters. The largest absolute Gasteiger partial charge is 0.395 e. The van der Waals surface area contributed by atoms with Gasteiger partial charge in [0.2, 0.25) is 0 Å². The second kappa shape index (κ2) is 6.42. The molecular weight excluding hydrogens is 260 g/mol. The van der Waals surface area contributed by atoms with Crippen molar-refractivity contribution in [1.82, 2.24) is 10.6 Å². The molecule has 0 unspecified atom stereocenters. The van der Waals surface area contributed by atoms with Crippen LogP contribution < -0.4 is 10.6 Å². The molecule has 82 valence electrons. The highest BCUT2D eigenvalue weighted by atomic mass is 79.9. The molecule has 0 fully saturated rings. The zero-order chi connectivity index (χ0) is 11.1. The molecule has 3 N–H and O–H groups in total. The van der Waals surface area contributed by atoms with Gasteiger partial charge in [0.25, 0.3) is 0 Å². The fraction of sp³-hybridized carbons (Fsp3) is 0.300. The van der Waals surface area contributed by atoms with E-state index in [9.17, 15) is 4.79 Å². The standard InChI is InChI=1S/C10H13BrN2O2/c11-9-4-2-1-3-8(9)7-13-10(15)12-5-6-14/h1-4,14H,5-7H2,(H2,12,13,15). The van der Waals surface area contributed by atoms with Gasteiger partial charge in [-0.2, -0.15) is 0 Å². The van der Waals surface area contributed by atoms with Crippen LogP contribution in [-0.2, 0) is 6.54 Å². The van der Waals surface area contributed by atoms with Crippen molar-refractivity contribution in [2.75, 3.05) is 13.2 Å². The van der Waals surface area contributed by atoms with E-state index in [4.69, 9.17) is 5.11 Å². The monoisotopic (exact) mass is 272 g/mol. The van der Waals surface area contributed by atoms with Crippen molar-refractivity contribution in [2.24, 2.45) is 0 Å². The Balaban J connectivity index is 2.37. The van der Waals surface area contributed by atoms with E-state index in [-0.39, 0.29) is 19.2 Å². The van der Waals surface area contributed by atoms with Crippen molar-refractivity contribution in [3.05, 3.63) is 34.3 Å². The van der Waals surface area contributed by atoms with Crippen LogP contribution in [0.1, 0.15) is 5.56 Å². The Bertz CT molecular complexity index is 331. The molecule has 0 aliphatic carbocycles. The molecule has 0 bridgehead atoms. The van der Waals surface area contributed by atoms with E-state index >= 15 is 0 Å². The molecule has 0 saturated carbocycles. The van der Waals surface area contributed by atoms with Crippen molar-refractivity contribution in [1.29, 1.82) is 0 Å². The summed E-state index contributed by atoms with van der Waals surface area (Å²) >= 11 is 3.39. The van der Waals surface area contributed by atoms with E-state index in [0.717, 1.165) is 10.0 Å². The molecular formula is C10H13BrN2O2. The van der Waals surface area contributed by atoms with E-state index < -0.39 is 0 Å². The van der Waals surface area contributed by atoms with Crippen LogP contribution in [0, 0.1) is 0 Å². The zero-order valence-electron chi connectivity index (χ0n) is 8.16. The Labute approximate surface area is 96.8 Å². The highest BCUT2D eigenvalue weighted by Crippen LogP contribution is 2.14. The second-order valence-corrected chi connectivity index (χ2v) is 3.78. The van der Waals surface area contributed by atoms with Crippen molar-refractivity contribution in [3.8, 4) is 0 Å². The van der Waals surface area contributed by atoms with Crippen LogP contribution in [0.3, 0.4) is 0 Å². The summed E-state index contributed by atoms with van der Waals surface area (Å²) in [7, 11) is 0. The number of urea groups is 1. The van der Waals surface area contributed by atoms with Gasteiger partial charge in [-0.15, -0.1) is 0 Å². The molecule has 5 heteroatoms. The van der Waals surface area contributed by atoms with Crippen molar-refractivity contribution in [3.63, 3.8) is 0 Å². The molecule has 0 heterocycles. The zero-order valence-corrected chi connectivity index (χ0v) is 9.75. The van der Waals surface area contributed by atoms with Crippen LogP contribution in [0.5, 0.6) is 0 Å². The van der Waals surface area contributed by atoms with Crippen molar-refractivity contribution in [2.45, 2.75) is 6.54 Å². The minimum atomic E-state index is -0.278. The lowest BCUT2D eigenvalue weighted by Gasteiger charge is -2.07. The molecule has 1 rings (SSSR count). The summed E-state index contributed by atoms with van der Waals surface area (Å²) < 4.78 is 0.965. The van der Waals surface area contributed by atoms with Gasteiger partial charge in [0.15, 0.2) is 0 Å². The summed E-state index contributed by atoms with van der Waals surface area (Å²) in [6.45, 7) is 0.670. The lowest BCUT2D eigenvalue weighted by atomic mass is 10.2. The number of aliphatic hydroxyl groups excluding tert-OH is 1. The molecule has 0 saturated heterocycles. The van der Waals surface area contributed by atoms with Crippen LogP contribution in [0.2, 0.25) is 0 Å². The normalized spacial score (nSPS) is 9.73. The number of carbonyl (C=O) groups excluding carboxylic acids is 1. The smallest absolute Gasteiger partial charge is 0.315 e. The summed E-state index contributed by atoms with van der Waals surface area (Å²) in [5, 5.41) is 13.7. The molecule has 0 aromatic heterocycles. The molecule has 1 aromatic carbocycles. The molecule has 2 amide bonds. The number of rotatable bonds is 4. The third kappa shape index (κ3) is 4.31. The second-order valence-electron chi connectivity index (χ2n) is 2.92.